The number of halogens is 1. The maximum absolute atomic E-state index is 8.84. The molecule has 0 aliphatic carbocycles. The van der Waals surface area contributed by atoms with Gasteiger partial charge in [-0.3, -0.25) is 4.98 Å². The Morgan fingerprint density at radius 1 is 1.10 bits per heavy atom. The van der Waals surface area contributed by atoms with Crippen molar-refractivity contribution in [2.75, 3.05) is 5.32 Å². The standard InChI is InChI=1S/C14H8ClN5/c15-11-3-4-12(13-10(11)2-1-6-17-13)20-14-18-7-5-9(8-16)19-14/h1-7H,(H,18,19,20). The lowest BCUT2D eigenvalue weighted by atomic mass is 10.2. The second-order valence-electron chi connectivity index (χ2n) is 4.00. The summed E-state index contributed by atoms with van der Waals surface area (Å²) in [6, 6.07) is 10.8. The Morgan fingerprint density at radius 2 is 2.00 bits per heavy atom. The predicted octanol–water partition coefficient (Wildman–Crippen LogP) is 3.29. The molecule has 2 aromatic heterocycles. The fraction of sp³-hybridized carbons (Fsp3) is 0. The lowest BCUT2D eigenvalue weighted by molar-refractivity contribution is 1.14. The molecule has 0 radical (unpaired) electrons. The van der Waals surface area contributed by atoms with Gasteiger partial charge in [0, 0.05) is 17.8 Å². The van der Waals surface area contributed by atoms with E-state index in [4.69, 9.17) is 16.9 Å². The number of nitriles is 1. The molecule has 0 aliphatic heterocycles. The van der Waals surface area contributed by atoms with Crippen LogP contribution in [0.1, 0.15) is 5.69 Å². The van der Waals surface area contributed by atoms with Gasteiger partial charge in [-0.1, -0.05) is 11.6 Å². The van der Waals surface area contributed by atoms with Crippen molar-refractivity contribution in [2.24, 2.45) is 0 Å². The molecule has 3 rings (SSSR count). The number of hydrogen-bond donors (Lipinski definition) is 1. The van der Waals surface area contributed by atoms with E-state index in [-0.39, 0.29) is 0 Å². The summed E-state index contributed by atoms with van der Waals surface area (Å²) in [5.41, 5.74) is 1.76. The molecule has 96 valence electrons. The average Bonchev–Trinajstić information content (AvgIpc) is 2.51. The van der Waals surface area contributed by atoms with Gasteiger partial charge in [-0.25, -0.2) is 9.97 Å². The van der Waals surface area contributed by atoms with Crippen molar-refractivity contribution in [1.29, 1.82) is 5.26 Å². The Morgan fingerprint density at radius 3 is 2.85 bits per heavy atom. The molecular weight excluding hydrogens is 274 g/mol. The normalized spacial score (nSPS) is 10.2. The van der Waals surface area contributed by atoms with Crippen LogP contribution in [0.15, 0.2) is 42.7 Å². The van der Waals surface area contributed by atoms with Crippen LogP contribution in [0.5, 0.6) is 0 Å². The third kappa shape index (κ3) is 2.25. The lowest BCUT2D eigenvalue weighted by Crippen LogP contribution is -1.99. The SMILES string of the molecule is N#Cc1ccnc(Nc2ccc(Cl)c3cccnc23)n1. The zero-order chi connectivity index (χ0) is 13.9. The Hall–Kier alpha value is -2.71. The highest BCUT2D eigenvalue weighted by atomic mass is 35.5. The van der Waals surface area contributed by atoms with E-state index in [9.17, 15) is 0 Å². The fourth-order valence-electron chi connectivity index (χ4n) is 1.84. The highest BCUT2D eigenvalue weighted by Crippen LogP contribution is 2.29. The molecule has 0 saturated carbocycles. The molecule has 0 fully saturated rings. The molecule has 0 amide bonds. The van der Waals surface area contributed by atoms with Gasteiger partial charge >= 0.3 is 0 Å². The number of rotatable bonds is 2. The van der Waals surface area contributed by atoms with Crippen LogP contribution in [-0.2, 0) is 0 Å². The van der Waals surface area contributed by atoms with Crippen molar-refractivity contribution in [3.05, 3.63) is 53.4 Å². The van der Waals surface area contributed by atoms with Gasteiger partial charge in [-0.15, -0.1) is 0 Å². The number of pyridine rings is 1. The van der Waals surface area contributed by atoms with E-state index in [1.54, 1.807) is 24.4 Å². The van der Waals surface area contributed by atoms with Crippen LogP contribution in [0.3, 0.4) is 0 Å². The van der Waals surface area contributed by atoms with Crippen LogP contribution < -0.4 is 5.32 Å². The molecule has 0 atom stereocenters. The minimum Gasteiger partial charge on any atom is -0.322 e. The summed E-state index contributed by atoms with van der Waals surface area (Å²) < 4.78 is 0. The molecular formula is C14H8ClN5. The van der Waals surface area contributed by atoms with Crippen LogP contribution in [0.25, 0.3) is 10.9 Å². The third-order valence-electron chi connectivity index (χ3n) is 2.73. The number of fused-ring (bicyclic) bond motifs is 1. The van der Waals surface area contributed by atoms with Crippen molar-refractivity contribution < 1.29 is 0 Å². The summed E-state index contributed by atoms with van der Waals surface area (Å²) in [6.45, 7) is 0. The van der Waals surface area contributed by atoms with Crippen molar-refractivity contribution in [2.45, 2.75) is 0 Å². The molecule has 0 bridgehead atoms. The summed E-state index contributed by atoms with van der Waals surface area (Å²) in [7, 11) is 0. The summed E-state index contributed by atoms with van der Waals surface area (Å²) in [4.78, 5) is 12.5. The molecule has 0 saturated heterocycles. The van der Waals surface area contributed by atoms with Crippen molar-refractivity contribution in [3.8, 4) is 6.07 Å². The largest absolute Gasteiger partial charge is 0.322 e. The first-order valence-corrected chi connectivity index (χ1v) is 6.19. The summed E-state index contributed by atoms with van der Waals surface area (Å²) in [5, 5.41) is 13.4. The molecule has 1 N–H and O–H groups in total. The maximum atomic E-state index is 8.84. The number of hydrogen-bond acceptors (Lipinski definition) is 5. The predicted molar refractivity (Wildman–Crippen MR) is 76.8 cm³/mol. The van der Waals surface area contributed by atoms with E-state index in [0.717, 1.165) is 16.6 Å². The first-order chi connectivity index (χ1) is 9.78. The summed E-state index contributed by atoms with van der Waals surface area (Å²) >= 11 is 6.14. The van der Waals surface area contributed by atoms with Gasteiger partial charge in [-0.2, -0.15) is 5.26 Å². The maximum Gasteiger partial charge on any atom is 0.228 e. The van der Waals surface area contributed by atoms with Gasteiger partial charge < -0.3 is 5.32 Å². The van der Waals surface area contributed by atoms with Crippen molar-refractivity contribution in [1.82, 2.24) is 15.0 Å². The second kappa shape index (κ2) is 5.11. The lowest BCUT2D eigenvalue weighted by Gasteiger charge is -2.08. The molecule has 0 unspecified atom stereocenters. The van der Waals surface area contributed by atoms with Crippen LogP contribution in [0.4, 0.5) is 11.6 Å². The minimum atomic E-state index is 0.300. The number of nitrogens with zero attached hydrogens (tertiary/aromatic N) is 4. The van der Waals surface area contributed by atoms with E-state index < -0.39 is 0 Å². The van der Waals surface area contributed by atoms with Gasteiger partial charge in [0.2, 0.25) is 5.95 Å². The first kappa shape index (κ1) is 12.3. The van der Waals surface area contributed by atoms with Crippen molar-refractivity contribution >= 4 is 34.1 Å². The van der Waals surface area contributed by atoms with E-state index in [1.165, 1.54) is 6.20 Å². The Kier molecular flexibility index (Phi) is 3.15. The van der Waals surface area contributed by atoms with Crippen molar-refractivity contribution in [3.63, 3.8) is 0 Å². The van der Waals surface area contributed by atoms with Gasteiger partial charge in [0.15, 0.2) is 0 Å². The molecule has 1 aromatic carbocycles. The number of aromatic nitrogens is 3. The topological polar surface area (TPSA) is 74.5 Å². The van der Waals surface area contributed by atoms with Crippen LogP contribution >= 0.6 is 11.6 Å². The van der Waals surface area contributed by atoms with E-state index >= 15 is 0 Å². The van der Waals surface area contributed by atoms with E-state index in [2.05, 4.69) is 20.3 Å². The molecule has 6 heteroatoms. The van der Waals surface area contributed by atoms with Crippen LogP contribution in [0, 0.1) is 11.3 Å². The number of nitrogens with one attached hydrogen (secondary N) is 1. The number of benzene rings is 1. The zero-order valence-corrected chi connectivity index (χ0v) is 11.0. The molecule has 20 heavy (non-hydrogen) atoms. The van der Waals surface area contributed by atoms with Gasteiger partial charge in [0.05, 0.1) is 16.2 Å². The molecule has 0 aliphatic rings. The molecule has 0 spiro atoms. The average molecular weight is 282 g/mol. The third-order valence-corrected chi connectivity index (χ3v) is 3.06. The highest BCUT2D eigenvalue weighted by Gasteiger charge is 2.07. The Labute approximate surface area is 119 Å². The first-order valence-electron chi connectivity index (χ1n) is 5.81. The fourth-order valence-corrected chi connectivity index (χ4v) is 2.06. The summed E-state index contributed by atoms with van der Waals surface area (Å²) in [5.74, 6) is 0.346. The number of anilines is 2. The van der Waals surface area contributed by atoms with Crippen LogP contribution in [0.2, 0.25) is 5.02 Å². The summed E-state index contributed by atoms with van der Waals surface area (Å²) in [6.07, 6.45) is 3.22. The Bertz CT molecular complexity index is 825. The highest BCUT2D eigenvalue weighted by molar-refractivity contribution is 6.35. The molecule has 3 aromatic rings. The molecule has 5 nitrogen and oxygen atoms in total. The quantitative estimate of drug-likeness (QED) is 0.780. The smallest absolute Gasteiger partial charge is 0.228 e. The Balaban J connectivity index is 2.07. The van der Waals surface area contributed by atoms with Gasteiger partial charge in [0.25, 0.3) is 0 Å². The van der Waals surface area contributed by atoms with E-state index in [0.29, 0.717) is 16.7 Å². The molecule has 2 heterocycles. The van der Waals surface area contributed by atoms with Crippen LogP contribution in [-0.4, -0.2) is 15.0 Å². The van der Waals surface area contributed by atoms with Gasteiger partial charge in [0.1, 0.15) is 11.8 Å². The second-order valence-corrected chi connectivity index (χ2v) is 4.40. The van der Waals surface area contributed by atoms with E-state index in [1.807, 2.05) is 18.2 Å². The zero-order valence-electron chi connectivity index (χ0n) is 10.2. The minimum absolute atomic E-state index is 0.300. The van der Waals surface area contributed by atoms with Gasteiger partial charge in [-0.05, 0) is 30.3 Å². The monoisotopic (exact) mass is 281 g/mol.